The maximum absolute atomic E-state index is 11.9. The Bertz CT molecular complexity index is 294. The van der Waals surface area contributed by atoms with Crippen LogP contribution in [0.15, 0.2) is 0 Å². The van der Waals surface area contributed by atoms with E-state index < -0.39 is 5.54 Å². The number of carbonyl (C=O) groups is 2. The van der Waals surface area contributed by atoms with E-state index in [-0.39, 0.29) is 24.3 Å². The van der Waals surface area contributed by atoms with Crippen LogP contribution < -0.4 is 0 Å². The van der Waals surface area contributed by atoms with Gasteiger partial charge in [0.2, 0.25) is 11.8 Å². The van der Waals surface area contributed by atoms with Gasteiger partial charge in [0.15, 0.2) is 0 Å². The second-order valence-electron chi connectivity index (χ2n) is 4.76. The summed E-state index contributed by atoms with van der Waals surface area (Å²) in [5.41, 5.74) is -0.571. The van der Waals surface area contributed by atoms with E-state index in [1.54, 1.807) is 6.92 Å². The van der Waals surface area contributed by atoms with Gasteiger partial charge in [-0.1, -0.05) is 19.8 Å². The average Bonchev–Trinajstić information content (AvgIpc) is 2.75. The molecule has 1 N–H and O–H groups in total. The molecular weight excluding hydrogens is 194 g/mol. The van der Waals surface area contributed by atoms with Crippen LogP contribution in [0.3, 0.4) is 0 Å². The smallest absolute Gasteiger partial charge is 0.233 e. The van der Waals surface area contributed by atoms with E-state index in [4.69, 9.17) is 0 Å². The first kappa shape index (κ1) is 10.6. The van der Waals surface area contributed by atoms with Crippen molar-refractivity contribution in [1.29, 1.82) is 0 Å². The Balaban J connectivity index is 2.28. The number of amides is 2. The van der Waals surface area contributed by atoms with Gasteiger partial charge in [-0.15, -0.1) is 0 Å². The van der Waals surface area contributed by atoms with Crippen LogP contribution in [0.4, 0.5) is 0 Å². The molecule has 84 valence electrons. The molecule has 0 radical (unpaired) electrons. The molecule has 0 bridgehead atoms. The summed E-state index contributed by atoms with van der Waals surface area (Å²) in [7, 11) is 0. The van der Waals surface area contributed by atoms with Crippen LogP contribution in [0.5, 0.6) is 0 Å². The van der Waals surface area contributed by atoms with Crippen LogP contribution in [0.1, 0.15) is 39.0 Å². The Hall–Kier alpha value is -0.900. The highest BCUT2D eigenvalue weighted by molar-refractivity contribution is 6.04. The number of hydrogen-bond donors (Lipinski definition) is 1. The lowest BCUT2D eigenvalue weighted by molar-refractivity contribution is -0.148. The van der Waals surface area contributed by atoms with Crippen LogP contribution in [0, 0.1) is 5.92 Å². The van der Waals surface area contributed by atoms with Crippen LogP contribution >= 0.6 is 0 Å². The summed E-state index contributed by atoms with van der Waals surface area (Å²) in [6.07, 6.45) is 3.81. The fraction of sp³-hybridized carbons (Fsp3) is 0.818. The van der Waals surface area contributed by atoms with Crippen LogP contribution in [0.25, 0.3) is 0 Å². The van der Waals surface area contributed by atoms with Crippen molar-refractivity contribution >= 4 is 11.8 Å². The van der Waals surface area contributed by atoms with Crippen molar-refractivity contribution in [3.8, 4) is 0 Å². The molecule has 1 saturated heterocycles. The van der Waals surface area contributed by atoms with Crippen molar-refractivity contribution < 1.29 is 14.7 Å². The molecule has 2 amide bonds. The van der Waals surface area contributed by atoms with Gasteiger partial charge in [0.25, 0.3) is 0 Å². The highest BCUT2D eigenvalue weighted by atomic mass is 16.3. The first-order valence-electron chi connectivity index (χ1n) is 5.58. The SMILES string of the molecule is CC1CC(=O)N(C2(CO)CCCC2)C1=O. The Morgan fingerprint density at radius 1 is 1.40 bits per heavy atom. The maximum atomic E-state index is 11.9. The molecular formula is C11H17NO3. The Morgan fingerprint density at radius 3 is 2.40 bits per heavy atom. The van der Waals surface area contributed by atoms with E-state index in [0.29, 0.717) is 6.42 Å². The van der Waals surface area contributed by atoms with Crippen molar-refractivity contribution in [2.75, 3.05) is 6.61 Å². The second kappa shape index (κ2) is 3.59. The highest BCUT2D eigenvalue weighted by Gasteiger charge is 2.49. The number of nitrogens with zero attached hydrogens (tertiary/aromatic N) is 1. The summed E-state index contributed by atoms with van der Waals surface area (Å²) >= 11 is 0. The van der Waals surface area contributed by atoms with Gasteiger partial charge >= 0.3 is 0 Å². The van der Waals surface area contributed by atoms with Gasteiger partial charge in [-0.2, -0.15) is 0 Å². The topological polar surface area (TPSA) is 57.6 Å². The predicted molar refractivity (Wildman–Crippen MR) is 53.9 cm³/mol. The van der Waals surface area contributed by atoms with Crippen molar-refractivity contribution in [2.24, 2.45) is 5.92 Å². The Morgan fingerprint density at radius 2 is 2.00 bits per heavy atom. The van der Waals surface area contributed by atoms with E-state index in [9.17, 15) is 14.7 Å². The Labute approximate surface area is 89.3 Å². The molecule has 15 heavy (non-hydrogen) atoms. The molecule has 0 spiro atoms. The number of likely N-dealkylation sites (tertiary alicyclic amines) is 1. The molecule has 2 aliphatic rings. The van der Waals surface area contributed by atoms with Crippen molar-refractivity contribution in [3.05, 3.63) is 0 Å². The normalized spacial score (nSPS) is 30.3. The first-order chi connectivity index (χ1) is 7.10. The van der Waals surface area contributed by atoms with Crippen molar-refractivity contribution in [2.45, 2.75) is 44.6 Å². The second-order valence-corrected chi connectivity index (χ2v) is 4.76. The molecule has 1 heterocycles. The summed E-state index contributed by atoms with van der Waals surface area (Å²) in [6.45, 7) is 1.69. The summed E-state index contributed by atoms with van der Waals surface area (Å²) in [5, 5.41) is 9.45. The lowest BCUT2D eigenvalue weighted by Crippen LogP contribution is -2.52. The zero-order valence-electron chi connectivity index (χ0n) is 9.03. The molecule has 4 nitrogen and oxygen atoms in total. The van der Waals surface area contributed by atoms with Crippen LogP contribution in [-0.2, 0) is 9.59 Å². The van der Waals surface area contributed by atoms with E-state index in [1.165, 1.54) is 4.90 Å². The van der Waals surface area contributed by atoms with Crippen molar-refractivity contribution in [1.82, 2.24) is 4.90 Å². The number of aliphatic hydroxyl groups excluding tert-OH is 1. The lowest BCUT2D eigenvalue weighted by Gasteiger charge is -2.35. The van der Waals surface area contributed by atoms with Gasteiger partial charge in [-0.05, 0) is 12.8 Å². The molecule has 2 rings (SSSR count). The predicted octanol–water partition coefficient (Wildman–Crippen LogP) is 0.686. The van der Waals surface area contributed by atoms with Crippen molar-refractivity contribution in [3.63, 3.8) is 0 Å². The summed E-state index contributed by atoms with van der Waals surface area (Å²) in [6, 6.07) is 0. The number of imide groups is 1. The van der Waals surface area contributed by atoms with Crippen LogP contribution in [-0.4, -0.2) is 34.0 Å². The number of aliphatic hydroxyl groups is 1. The highest BCUT2D eigenvalue weighted by Crippen LogP contribution is 2.39. The van der Waals surface area contributed by atoms with Gasteiger partial charge in [0.05, 0.1) is 12.1 Å². The number of hydrogen-bond acceptors (Lipinski definition) is 3. The van der Waals surface area contributed by atoms with E-state index in [1.807, 2.05) is 0 Å². The number of rotatable bonds is 2. The maximum Gasteiger partial charge on any atom is 0.233 e. The third-order valence-corrected chi connectivity index (χ3v) is 3.68. The fourth-order valence-electron chi connectivity index (χ4n) is 2.77. The van der Waals surface area contributed by atoms with Gasteiger partial charge < -0.3 is 5.11 Å². The standard InChI is InChI=1S/C11H17NO3/c1-8-6-9(14)12(10(8)15)11(7-13)4-2-3-5-11/h8,13H,2-7H2,1H3. The monoisotopic (exact) mass is 211 g/mol. The van der Waals surface area contributed by atoms with Gasteiger partial charge in [0.1, 0.15) is 0 Å². The molecule has 1 aliphatic heterocycles. The largest absolute Gasteiger partial charge is 0.394 e. The summed E-state index contributed by atoms with van der Waals surface area (Å²) in [5.74, 6) is -0.416. The Kier molecular flexibility index (Phi) is 2.54. The molecule has 1 aliphatic carbocycles. The molecule has 2 fully saturated rings. The first-order valence-corrected chi connectivity index (χ1v) is 5.58. The third kappa shape index (κ3) is 1.47. The average molecular weight is 211 g/mol. The fourth-order valence-corrected chi connectivity index (χ4v) is 2.77. The molecule has 1 atom stereocenters. The minimum Gasteiger partial charge on any atom is -0.394 e. The molecule has 1 unspecified atom stereocenters. The minimum absolute atomic E-state index is 0.0861. The summed E-state index contributed by atoms with van der Waals surface area (Å²) < 4.78 is 0. The minimum atomic E-state index is -0.571. The molecule has 0 aromatic carbocycles. The van der Waals surface area contributed by atoms with E-state index >= 15 is 0 Å². The van der Waals surface area contributed by atoms with Gasteiger partial charge in [-0.3, -0.25) is 14.5 Å². The molecule has 0 aromatic rings. The number of carbonyl (C=O) groups excluding carboxylic acids is 2. The quantitative estimate of drug-likeness (QED) is 0.683. The molecule has 4 heteroatoms. The van der Waals surface area contributed by atoms with E-state index in [0.717, 1.165) is 25.7 Å². The summed E-state index contributed by atoms with van der Waals surface area (Å²) in [4.78, 5) is 25.0. The zero-order valence-corrected chi connectivity index (χ0v) is 9.03. The van der Waals surface area contributed by atoms with Gasteiger partial charge in [-0.25, -0.2) is 0 Å². The van der Waals surface area contributed by atoms with E-state index in [2.05, 4.69) is 0 Å². The van der Waals surface area contributed by atoms with Gasteiger partial charge in [0, 0.05) is 12.3 Å². The van der Waals surface area contributed by atoms with Crippen LogP contribution in [0.2, 0.25) is 0 Å². The molecule has 0 aromatic heterocycles. The zero-order chi connectivity index (χ0) is 11.1. The third-order valence-electron chi connectivity index (χ3n) is 3.68. The molecule has 1 saturated carbocycles. The lowest BCUT2D eigenvalue weighted by atomic mass is 9.96.